The van der Waals surface area contributed by atoms with Crippen LogP contribution in [0.5, 0.6) is 0 Å². The highest BCUT2D eigenvalue weighted by atomic mass is 35.5. The van der Waals surface area contributed by atoms with Gasteiger partial charge in [-0.25, -0.2) is 0 Å². The van der Waals surface area contributed by atoms with Gasteiger partial charge in [0.2, 0.25) is 0 Å². The lowest BCUT2D eigenvalue weighted by Crippen LogP contribution is -2.01. The molecule has 0 saturated heterocycles. The number of aryl methyl sites for hydroxylation is 2. The molecule has 0 amide bonds. The molecule has 0 spiro atoms. The molecule has 1 heterocycles. The Kier molecular flexibility index (Phi) is 3.95. The molecule has 0 fully saturated rings. The molecule has 2 rings (SSSR count). The van der Waals surface area contributed by atoms with E-state index >= 15 is 0 Å². The van der Waals surface area contributed by atoms with Crippen molar-refractivity contribution in [2.24, 2.45) is 0 Å². The summed E-state index contributed by atoms with van der Waals surface area (Å²) in [6.45, 7) is 3.45. The van der Waals surface area contributed by atoms with E-state index in [1.165, 1.54) is 0 Å². The Bertz CT molecular complexity index is 725. The lowest BCUT2D eigenvalue weighted by Gasteiger charge is -2.14. The number of halogens is 2. The third kappa shape index (κ3) is 2.23. The molecule has 3 nitrogen and oxygen atoms in total. The van der Waals surface area contributed by atoms with E-state index in [2.05, 4.69) is 17.1 Å². The first-order chi connectivity index (χ1) is 9.51. The summed E-state index contributed by atoms with van der Waals surface area (Å²) in [5, 5.41) is 19.5. The predicted molar refractivity (Wildman–Crippen MR) is 78.6 cm³/mol. The van der Waals surface area contributed by atoms with E-state index in [0.29, 0.717) is 43.7 Å². The Hall–Kier alpha value is -2.07. The minimum atomic E-state index is 0.321. The van der Waals surface area contributed by atoms with Crippen LogP contribution >= 0.6 is 23.2 Å². The molecular formula is C15H9Cl2N3. The van der Waals surface area contributed by atoms with Crippen LogP contribution in [0.25, 0.3) is 11.1 Å². The van der Waals surface area contributed by atoms with Crippen LogP contribution in [-0.2, 0) is 0 Å². The van der Waals surface area contributed by atoms with Gasteiger partial charge in [0.05, 0.1) is 22.5 Å². The van der Waals surface area contributed by atoms with E-state index < -0.39 is 0 Å². The van der Waals surface area contributed by atoms with Gasteiger partial charge in [0.25, 0.3) is 0 Å². The minimum absolute atomic E-state index is 0.321. The summed E-state index contributed by atoms with van der Waals surface area (Å²) in [4.78, 5) is 4.23. The molecule has 0 aliphatic carbocycles. The highest BCUT2D eigenvalue weighted by Gasteiger charge is 2.21. The van der Waals surface area contributed by atoms with Crippen LogP contribution < -0.4 is 0 Å². The van der Waals surface area contributed by atoms with Gasteiger partial charge in [0, 0.05) is 21.2 Å². The summed E-state index contributed by atoms with van der Waals surface area (Å²) < 4.78 is 0. The average Bonchev–Trinajstić information content (AvgIpc) is 2.38. The highest BCUT2D eigenvalue weighted by Crippen LogP contribution is 2.39. The average molecular weight is 302 g/mol. The van der Waals surface area contributed by atoms with Gasteiger partial charge in [-0.05, 0) is 26.0 Å². The molecule has 0 aliphatic rings. The summed E-state index contributed by atoms with van der Waals surface area (Å²) in [6.07, 6.45) is 0. The highest BCUT2D eigenvalue weighted by molar-refractivity contribution is 6.39. The topological polar surface area (TPSA) is 60.5 Å². The van der Waals surface area contributed by atoms with Crippen LogP contribution in [0, 0.1) is 36.5 Å². The molecule has 0 bridgehead atoms. The molecule has 98 valence electrons. The third-order valence-corrected chi connectivity index (χ3v) is 3.63. The zero-order chi connectivity index (χ0) is 14.9. The molecular weight excluding hydrogens is 293 g/mol. The van der Waals surface area contributed by atoms with E-state index in [-0.39, 0.29) is 0 Å². The second kappa shape index (κ2) is 5.51. The van der Waals surface area contributed by atoms with E-state index in [1.807, 2.05) is 0 Å². The number of hydrogen-bond donors (Lipinski definition) is 0. The maximum atomic E-state index is 9.37. The van der Waals surface area contributed by atoms with Gasteiger partial charge in [0.15, 0.2) is 0 Å². The Morgan fingerprint density at radius 1 is 0.900 bits per heavy atom. The second-order valence-corrected chi connectivity index (χ2v) is 5.04. The monoisotopic (exact) mass is 301 g/mol. The van der Waals surface area contributed by atoms with E-state index in [9.17, 15) is 10.5 Å². The molecule has 2 aromatic rings. The van der Waals surface area contributed by atoms with E-state index in [1.54, 1.807) is 32.0 Å². The maximum absolute atomic E-state index is 9.37. The zero-order valence-electron chi connectivity index (χ0n) is 10.8. The van der Waals surface area contributed by atoms with Crippen molar-refractivity contribution in [3.63, 3.8) is 0 Å². The smallest absolute Gasteiger partial charge is 0.102 e. The van der Waals surface area contributed by atoms with Gasteiger partial charge in [-0.15, -0.1) is 0 Å². The summed E-state index contributed by atoms with van der Waals surface area (Å²) in [5.41, 5.74) is 2.70. The van der Waals surface area contributed by atoms with Crippen molar-refractivity contribution in [2.45, 2.75) is 13.8 Å². The number of pyridine rings is 1. The van der Waals surface area contributed by atoms with Gasteiger partial charge in [-0.1, -0.05) is 29.3 Å². The zero-order valence-corrected chi connectivity index (χ0v) is 12.3. The second-order valence-electron chi connectivity index (χ2n) is 4.23. The van der Waals surface area contributed by atoms with Crippen molar-refractivity contribution in [3.05, 3.63) is 50.8 Å². The minimum Gasteiger partial charge on any atom is -0.256 e. The lowest BCUT2D eigenvalue weighted by atomic mass is 9.93. The van der Waals surface area contributed by atoms with Crippen LogP contribution in [0.15, 0.2) is 18.2 Å². The van der Waals surface area contributed by atoms with Crippen molar-refractivity contribution >= 4 is 23.2 Å². The quantitative estimate of drug-likeness (QED) is 0.783. The Labute approximate surface area is 127 Å². The molecule has 20 heavy (non-hydrogen) atoms. The molecule has 0 atom stereocenters. The van der Waals surface area contributed by atoms with Gasteiger partial charge in [0.1, 0.15) is 12.1 Å². The van der Waals surface area contributed by atoms with Gasteiger partial charge in [-0.3, -0.25) is 4.98 Å². The van der Waals surface area contributed by atoms with Crippen LogP contribution in [0.4, 0.5) is 0 Å². The van der Waals surface area contributed by atoms with E-state index in [0.717, 1.165) is 0 Å². The van der Waals surface area contributed by atoms with Gasteiger partial charge >= 0.3 is 0 Å². The number of aromatic nitrogens is 1. The third-order valence-electron chi connectivity index (χ3n) is 3.00. The Balaban J connectivity index is 3.01. The van der Waals surface area contributed by atoms with Gasteiger partial charge in [-0.2, -0.15) is 10.5 Å². The van der Waals surface area contributed by atoms with Crippen molar-refractivity contribution in [2.75, 3.05) is 0 Å². The molecule has 5 heteroatoms. The van der Waals surface area contributed by atoms with Crippen LogP contribution in [0.1, 0.15) is 22.5 Å². The summed E-state index contributed by atoms with van der Waals surface area (Å²) in [6, 6.07) is 9.24. The fraction of sp³-hybridized carbons (Fsp3) is 0.133. The number of nitrogens with zero attached hydrogens (tertiary/aromatic N) is 3. The molecule has 0 unspecified atom stereocenters. The number of rotatable bonds is 1. The van der Waals surface area contributed by atoms with Crippen molar-refractivity contribution in [3.8, 4) is 23.3 Å². The first kappa shape index (κ1) is 14.3. The van der Waals surface area contributed by atoms with Crippen LogP contribution in [0.2, 0.25) is 10.0 Å². The number of hydrogen-bond acceptors (Lipinski definition) is 3. The fourth-order valence-electron chi connectivity index (χ4n) is 2.11. The number of nitriles is 2. The molecule has 0 N–H and O–H groups in total. The molecule has 0 radical (unpaired) electrons. The molecule has 0 aliphatic heterocycles. The SMILES string of the molecule is Cc1nc(C)c(C#N)c(-c2c(Cl)cccc2Cl)c1C#N. The predicted octanol–water partition coefficient (Wildman–Crippen LogP) is 4.42. The Morgan fingerprint density at radius 2 is 1.35 bits per heavy atom. The largest absolute Gasteiger partial charge is 0.256 e. The number of benzene rings is 1. The fourth-order valence-corrected chi connectivity index (χ4v) is 2.70. The summed E-state index contributed by atoms with van der Waals surface area (Å²) in [5.74, 6) is 0. The standard InChI is InChI=1S/C15H9Cl2N3/c1-8-10(6-18)14(11(7-19)9(2)20-8)15-12(16)4-3-5-13(15)17/h3-5H,1-2H3. The first-order valence-electron chi connectivity index (χ1n) is 5.77. The van der Waals surface area contributed by atoms with Gasteiger partial charge < -0.3 is 0 Å². The van der Waals surface area contributed by atoms with Crippen molar-refractivity contribution in [1.82, 2.24) is 4.98 Å². The first-order valence-corrected chi connectivity index (χ1v) is 6.52. The van der Waals surface area contributed by atoms with Crippen LogP contribution in [-0.4, -0.2) is 4.98 Å². The van der Waals surface area contributed by atoms with Crippen molar-refractivity contribution < 1.29 is 0 Å². The van der Waals surface area contributed by atoms with E-state index in [4.69, 9.17) is 23.2 Å². The summed E-state index contributed by atoms with van der Waals surface area (Å²) >= 11 is 12.4. The normalized spacial score (nSPS) is 9.90. The molecule has 0 saturated carbocycles. The molecule has 1 aromatic carbocycles. The van der Waals surface area contributed by atoms with Crippen LogP contribution in [0.3, 0.4) is 0 Å². The Morgan fingerprint density at radius 3 is 1.75 bits per heavy atom. The lowest BCUT2D eigenvalue weighted by molar-refractivity contribution is 1.10. The maximum Gasteiger partial charge on any atom is 0.102 e. The molecule has 1 aromatic heterocycles. The van der Waals surface area contributed by atoms with Crippen molar-refractivity contribution in [1.29, 1.82) is 10.5 Å². The summed E-state index contributed by atoms with van der Waals surface area (Å²) in [7, 11) is 0.